The zero-order valence-corrected chi connectivity index (χ0v) is 13.5. The molecule has 0 aliphatic rings. The first-order chi connectivity index (χ1) is 10.9. The number of ether oxygens (including phenoxy) is 1. The lowest BCUT2D eigenvalue weighted by molar-refractivity contribution is 0.0878. The second-order valence-electron chi connectivity index (χ2n) is 6.59. The van der Waals surface area contributed by atoms with E-state index in [4.69, 9.17) is 4.74 Å². The third kappa shape index (κ3) is 3.34. The van der Waals surface area contributed by atoms with Gasteiger partial charge in [-0.25, -0.2) is 4.68 Å². The molecule has 1 unspecified atom stereocenters. The lowest BCUT2D eigenvalue weighted by Gasteiger charge is -2.19. The van der Waals surface area contributed by atoms with Gasteiger partial charge >= 0.3 is 0 Å². The average molecular weight is 315 g/mol. The van der Waals surface area contributed by atoms with E-state index in [1.807, 2.05) is 51.2 Å². The summed E-state index contributed by atoms with van der Waals surface area (Å²) in [6.45, 7) is 6.57. The van der Waals surface area contributed by atoms with Crippen molar-refractivity contribution in [2.45, 2.75) is 38.8 Å². The molecule has 0 amide bonds. The van der Waals surface area contributed by atoms with Crippen LogP contribution in [-0.4, -0.2) is 43.0 Å². The van der Waals surface area contributed by atoms with Gasteiger partial charge in [-0.1, -0.05) is 26.8 Å². The number of hydrogen-bond donors (Lipinski definition) is 2. The van der Waals surface area contributed by atoms with E-state index in [0.29, 0.717) is 6.54 Å². The number of hydrogen-bond acceptors (Lipinski definition) is 5. The van der Waals surface area contributed by atoms with Crippen molar-refractivity contribution in [3.05, 3.63) is 36.3 Å². The molecule has 2 N–H and O–H groups in total. The van der Waals surface area contributed by atoms with Crippen LogP contribution in [0.3, 0.4) is 0 Å². The Morgan fingerprint density at radius 3 is 2.91 bits per heavy atom. The molecule has 0 radical (unpaired) electrons. The third-order valence-electron chi connectivity index (χ3n) is 3.57. The number of aliphatic hydroxyl groups excluding tert-OH is 1. The topological polar surface area (TPSA) is 88.8 Å². The highest BCUT2D eigenvalue weighted by Crippen LogP contribution is 2.24. The van der Waals surface area contributed by atoms with Crippen LogP contribution in [0.15, 0.2) is 30.5 Å². The van der Waals surface area contributed by atoms with Crippen LogP contribution in [0, 0.1) is 0 Å². The van der Waals surface area contributed by atoms with E-state index in [0.717, 1.165) is 22.5 Å². The first-order valence-electron chi connectivity index (χ1n) is 7.59. The lowest BCUT2D eigenvalue weighted by atomic mass is 9.96. The van der Waals surface area contributed by atoms with Crippen LogP contribution in [0.25, 0.3) is 10.9 Å². The van der Waals surface area contributed by atoms with Gasteiger partial charge in [0.05, 0.1) is 6.54 Å². The minimum absolute atomic E-state index is 0.174. The van der Waals surface area contributed by atoms with Gasteiger partial charge in [-0.05, 0) is 28.6 Å². The maximum atomic E-state index is 10.2. The maximum Gasteiger partial charge on any atom is 0.156 e. The quantitative estimate of drug-likeness (QED) is 0.750. The summed E-state index contributed by atoms with van der Waals surface area (Å²) in [5.74, 6) is 1.49. The summed E-state index contributed by atoms with van der Waals surface area (Å²) < 4.78 is 7.39. The lowest BCUT2D eigenvalue weighted by Crippen LogP contribution is -2.28. The van der Waals surface area contributed by atoms with Crippen molar-refractivity contribution in [2.24, 2.45) is 0 Å². The molecule has 1 atom stereocenters. The number of benzene rings is 1. The Labute approximate surface area is 134 Å². The van der Waals surface area contributed by atoms with Gasteiger partial charge in [-0.3, -0.25) is 0 Å². The largest absolute Gasteiger partial charge is 0.490 e. The van der Waals surface area contributed by atoms with E-state index < -0.39 is 6.10 Å². The van der Waals surface area contributed by atoms with E-state index in [1.165, 1.54) is 0 Å². The molecule has 2 aromatic heterocycles. The van der Waals surface area contributed by atoms with Gasteiger partial charge in [0.1, 0.15) is 18.5 Å². The minimum atomic E-state index is -0.700. The van der Waals surface area contributed by atoms with E-state index in [1.54, 1.807) is 4.68 Å². The summed E-state index contributed by atoms with van der Waals surface area (Å²) in [6, 6.07) is 7.74. The number of nitrogens with zero attached hydrogens (tertiary/aromatic N) is 4. The Kier molecular flexibility index (Phi) is 4.04. The number of aliphatic hydroxyl groups is 1. The molecule has 3 rings (SSSR count). The molecule has 0 aliphatic carbocycles. The first-order valence-corrected chi connectivity index (χ1v) is 7.59. The predicted molar refractivity (Wildman–Crippen MR) is 86.3 cm³/mol. The van der Waals surface area contributed by atoms with Gasteiger partial charge in [-0.2, -0.15) is 0 Å². The monoisotopic (exact) mass is 315 g/mol. The van der Waals surface area contributed by atoms with Crippen LogP contribution in [-0.2, 0) is 12.0 Å². The molecule has 0 saturated heterocycles. The van der Waals surface area contributed by atoms with E-state index in [2.05, 4.69) is 20.5 Å². The Balaban J connectivity index is 1.65. The van der Waals surface area contributed by atoms with Crippen LogP contribution >= 0.6 is 0 Å². The van der Waals surface area contributed by atoms with Gasteiger partial charge in [0.2, 0.25) is 0 Å². The fourth-order valence-corrected chi connectivity index (χ4v) is 2.49. The molecule has 0 bridgehead atoms. The van der Waals surface area contributed by atoms with Crippen molar-refractivity contribution in [2.75, 3.05) is 6.61 Å². The molecule has 122 valence electrons. The highest BCUT2D eigenvalue weighted by atomic mass is 16.5. The number of fused-ring (bicyclic) bond motifs is 1. The standard InChI is InChI=1S/C16H21N5O2/c1-16(2,3)15-18-19-20-21(15)9-11(22)10-23-14-6-4-5-13-12(14)7-8-17-13/h4-8,11,17,22H,9-10H2,1-3H3. The smallest absolute Gasteiger partial charge is 0.156 e. The summed E-state index contributed by atoms with van der Waals surface area (Å²) in [5, 5.41) is 22.9. The Hall–Kier alpha value is -2.41. The number of aromatic amines is 1. The van der Waals surface area contributed by atoms with Crippen LogP contribution in [0.1, 0.15) is 26.6 Å². The second-order valence-corrected chi connectivity index (χ2v) is 6.59. The molecule has 2 heterocycles. The van der Waals surface area contributed by atoms with Crippen molar-refractivity contribution in [1.82, 2.24) is 25.2 Å². The van der Waals surface area contributed by atoms with Crippen molar-refractivity contribution in [1.29, 1.82) is 0 Å². The molecule has 7 heteroatoms. The van der Waals surface area contributed by atoms with Crippen LogP contribution < -0.4 is 4.74 Å². The highest BCUT2D eigenvalue weighted by Gasteiger charge is 2.23. The number of rotatable bonds is 5. The van der Waals surface area contributed by atoms with Crippen molar-refractivity contribution >= 4 is 10.9 Å². The Bertz CT molecular complexity index is 787. The average Bonchev–Trinajstić information content (AvgIpc) is 3.12. The summed E-state index contributed by atoms with van der Waals surface area (Å²) in [5.41, 5.74) is 0.827. The van der Waals surface area contributed by atoms with Crippen molar-refractivity contribution in [3.8, 4) is 5.75 Å². The molecule has 0 saturated carbocycles. The number of aromatic nitrogens is 5. The molecule has 23 heavy (non-hydrogen) atoms. The number of nitrogens with one attached hydrogen (secondary N) is 1. The summed E-state index contributed by atoms with van der Waals surface area (Å²) in [6.07, 6.45) is 1.17. The molecule has 0 aliphatic heterocycles. The zero-order valence-electron chi connectivity index (χ0n) is 13.5. The van der Waals surface area contributed by atoms with Crippen LogP contribution in [0.4, 0.5) is 0 Å². The summed E-state index contributed by atoms with van der Waals surface area (Å²) in [7, 11) is 0. The normalized spacial score (nSPS) is 13.4. The van der Waals surface area contributed by atoms with Crippen molar-refractivity contribution in [3.63, 3.8) is 0 Å². The predicted octanol–water partition coefficient (Wildman–Crippen LogP) is 1.89. The van der Waals surface area contributed by atoms with E-state index in [9.17, 15) is 5.11 Å². The van der Waals surface area contributed by atoms with Gasteiger partial charge in [-0.15, -0.1) is 5.10 Å². The van der Waals surface area contributed by atoms with E-state index >= 15 is 0 Å². The van der Waals surface area contributed by atoms with Gasteiger partial charge in [0.25, 0.3) is 0 Å². The highest BCUT2D eigenvalue weighted by molar-refractivity contribution is 5.85. The van der Waals surface area contributed by atoms with Crippen LogP contribution in [0.5, 0.6) is 5.75 Å². The minimum Gasteiger partial charge on any atom is -0.490 e. The molecule has 0 fully saturated rings. The number of tetrazole rings is 1. The van der Waals surface area contributed by atoms with Gasteiger partial charge in [0, 0.05) is 22.5 Å². The SMILES string of the molecule is CC(C)(C)c1nnnn1CC(O)COc1cccc2[nH]ccc12. The van der Waals surface area contributed by atoms with Crippen LogP contribution in [0.2, 0.25) is 0 Å². The molecular weight excluding hydrogens is 294 g/mol. The summed E-state index contributed by atoms with van der Waals surface area (Å²) in [4.78, 5) is 3.13. The third-order valence-corrected chi connectivity index (χ3v) is 3.57. The molecule has 0 spiro atoms. The Morgan fingerprint density at radius 1 is 1.30 bits per heavy atom. The fraction of sp³-hybridized carbons (Fsp3) is 0.438. The van der Waals surface area contributed by atoms with Gasteiger partial charge < -0.3 is 14.8 Å². The fourth-order valence-electron chi connectivity index (χ4n) is 2.49. The van der Waals surface area contributed by atoms with E-state index in [-0.39, 0.29) is 12.0 Å². The maximum absolute atomic E-state index is 10.2. The molecule has 7 nitrogen and oxygen atoms in total. The number of H-pyrrole nitrogens is 1. The second kappa shape index (κ2) is 6.00. The molecular formula is C16H21N5O2. The van der Waals surface area contributed by atoms with Gasteiger partial charge in [0.15, 0.2) is 5.82 Å². The summed E-state index contributed by atoms with van der Waals surface area (Å²) >= 11 is 0. The first kappa shape index (κ1) is 15.5. The van der Waals surface area contributed by atoms with Crippen molar-refractivity contribution < 1.29 is 9.84 Å². The molecule has 1 aromatic carbocycles. The Morgan fingerprint density at radius 2 is 2.13 bits per heavy atom. The zero-order chi connectivity index (χ0) is 16.4. The molecule has 3 aromatic rings.